The Balaban J connectivity index is 1.75. The van der Waals surface area contributed by atoms with E-state index in [1.165, 1.54) is 6.26 Å². The predicted octanol–water partition coefficient (Wildman–Crippen LogP) is 3.05. The zero-order valence-corrected chi connectivity index (χ0v) is 11.2. The van der Waals surface area contributed by atoms with Gasteiger partial charge in [0.1, 0.15) is 12.4 Å². The second kappa shape index (κ2) is 6.29. The molecule has 0 spiro atoms. The van der Waals surface area contributed by atoms with Gasteiger partial charge < -0.3 is 14.5 Å². The van der Waals surface area contributed by atoms with Gasteiger partial charge in [0.2, 0.25) is 0 Å². The van der Waals surface area contributed by atoms with Crippen molar-refractivity contribution in [3.63, 3.8) is 0 Å². The van der Waals surface area contributed by atoms with Crippen molar-refractivity contribution in [2.75, 3.05) is 13.2 Å². The summed E-state index contributed by atoms with van der Waals surface area (Å²) < 4.78 is 10.5. The summed E-state index contributed by atoms with van der Waals surface area (Å²) in [6, 6.07) is 8.72. The van der Waals surface area contributed by atoms with Gasteiger partial charge in [-0.1, -0.05) is 11.6 Å². The molecule has 0 radical (unpaired) electrons. The third-order valence-corrected chi connectivity index (χ3v) is 2.95. The van der Waals surface area contributed by atoms with Crippen molar-refractivity contribution in [2.45, 2.75) is 6.92 Å². The highest BCUT2D eigenvalue weighted by Gasteiger charge is 2.06. The van der Waals surface area contributed by atoms with E-state index in [2.05, 4.69) is 5.32 Å². The van der Waals surface area contributed by atoms with Crippen molar-refractivity contribution in [3.8, 4) is 5.75 Å². The summed E-state index contributed by atoms with van der Waals surface area (Å²) in [6.45, 7) is 2.70. The van der Waals surface area contributed by atoms with Crippen LogP contribution >= 0.6 is 11.6 Å². The molecule has 0 aliphatic rings. The zero-order valence-electron chi connectivity index (χ0n) is 10.5. The maximum absolute atomic E-state index is 11.5. The number of benzene rings is 1. The van der Waals surface area contributed by atoms with Crippen molar-refractivity contribution >= 4 is 17.5 Å². The number of amides is 1. The van der Waals surface area contributed by atoms with Crippen molar-refractivity contribution < 1.29 is 13.9 Å². The fraction of sp³-hybridized carbons (Fsp3) is 0.214. The zero-order chi connectivity index (χ0) is 13.7. The lowest BCUT2D eigenvalue weighted by molar-refractivity contribution is 0.0919. The van der Waals surface area contributed by atoms with Crippen LogP contribution < -0.4 is 10.1 Å². The molecule has 0 fully saturated rings. The van der Waals surface area contributed by atoms with E-state index >= 15 is 0 Å². The molecule has 2 rings (SSSR count). The minimum atomic E-state index is -0.249. The highest BCUT2D eigenvalue weighted by atomic mass is 35.5. The first-order valence-corrected chi connectivity index (χ1v) is 6.25. The van der Waals surface area contributed by atoms with Crippen LogP contribution in [0, 0.1) is 6.92 Å². The predicted molar refractivity (Wildman–Crippen MR) is 72.7 cm³/mol. The molecule has 5 heteroatoms. The Morgan fingerprint density at radius 3 is 2.95 bits per heavy atom. The number of carbonyl (C=O) groups is 1. The molecule has 0 bridgehead atoms. The first-order chi connectivity index (χ1) is 9.16. The smallest absolute Gasteiger partial charge is 0.287 e. The average molecular weight is 280 g/mol. The van der Waals surface area contributed by atoms with Gasteiger partial charge in [-0.3, -0.25) is 4.79 Å². The van der Waals surface area contributed by atoms with Crippen molar-refractivity contribution in [2.24, 2.45) is 0 Å². The molecule has 19 heavy (non-hydrogen) atoms. The van der Waals surface area contributed by atoms with Crippen molar-refractivity contribution in [1.29, 1.82) is 0 Å². The molecule has 1 aromatic carbocycles. The molecule has 100 valence electrons. The Kier molecular flexibility index (Phi) is 4.47. The summed E-state index contributed by atoms with van der Waals surface area (Å²) in [7, 11) is 0. The fourth-order valence-electron chi connectivity index (χ4n) is 1.54. The molecule has 4 nitrogen and oxygen atoms in total. The minimum Gasteiger partial charge on any atom is -0.492 e. The number of aryl methyl sites for hydroxylation is 1. The molecule has 1 N–H and O–H groups in total. The largest absolute Gasteiger partial charge is 0.492 e. The normalized spacial score (nSPS) is 10.2. The van der Waals surface area contributed by atoms with E-state index in [0.29, 0.717) is 23.9 Å². The van der Waals surface area contributed by atoms with E-state index in [1.807, 2.05) is 13.0 Å². The number of halogens is 1. The van der Waals surface area contributed by atoms with Gasteiger partial charge in [-0.25, -0.2) is 0 Å². The van der Waals surface area contributed by atoms with Gasteiger partial charge in [0.25, 0.3) is 5.91 Å². The molecule has 1 heterocycles. The summed E-state index contributed by atoms with van der Waals surface area (Å²) in [5.41, 5.74) is 0.957. The first-order valence-electron chi connectivity index (χ1n) is 5.87. The number of carbonyl (C=O) groups excluding carboxylic acids is 1. The lowest BCUT2D eigenvalue weighted by atomic mass is 10.2. The molecule has 0 saturated heterocycles. The Labute approximate surface area is 116 Å². The standard InChI is InChI=1S/C14H14ClNO3/c1-10-9-11(4-5-12(10)15)18-8-6-16-14(17)13-3-2-7-19-13/h2-5,7,9H,6,8H2,1H3,(H,16,17). The quantitative estimate of drug-likeness (QED) is 0.856. The Hall–Kier alpha value is -1.94. The molecule has 0 aliphatic heterocycles. The first kappa shape index (κ1) is 13.5. The summed E-state index contributed by atoms with van der Waals surface area (Å²) in [6.07, 6.45) is 1.46. The maximum atomic E-state index is 11.5. The minimum absolute atomic E-state index is 0.249. The molecular formula is C14H14ClNO3. The summed E-state index contributed by atoms with van der Waals surface area (Å²) in [5, 5.41) is 3.40. The van der Waals surface area contributed by atoms with Gasteiger partial charge in [0, 0.05) is 5.02 Å². The third kappa shape index (κ3) is 3.76. The van der Waals surface area contributed by atoms with E-state index in [-0.39, 0.29) is 5.91 Å². The number of ether oxygens (including phenoxy) is 1. The van der Waals surface area contributed by atoms with Crippen LogP contribution in [0.25, 0.3) is 0 Å². The second-order valence-electron chi connectivity index (χ2n) is 3.99. The average Bonchev–Trinajstić information content (AvgIpc) is 2.92. The molecule has 1 amide bonds. The summed E-state index contributed by atoms with van der Waals surface area (Å²) >= 11 is 5.92. The van der Waals surface area contributed by atoms with Crippen molar-refractivity contribution in [1.82, 2.24) is 5.32 Å². The van der Waals surface area contributed by atoms with E-state index in [1.54, 1.807) is 24.3 Å². The lowest BCUT2D eigenvalue weighted by Gasteiger charge is -2.08. The van der Waals surface area contributed by atoms with Gasteiger partial charge >= 0.3 is 0 Å². The molecule has 2 aromatic rings. The highest BCUT2D eigenvalue weighted by Crippen LogP contribution is 2.20. The van der Waals surface area contributed by atoms with Crippen LogP contribution in [0.15, 0.2) is 41.0 Å². The van der Waals surface area contributed by atoms with E-state index in [0.717, 1.165) is 11.3 Å². The van der Waals surface area contributed by atoms with Crippen LogP contribution in [-0.2, 0) is 0 Å². The van der Waals surface area contributed by atoms with Crippen LogP contribution in [0.3, 0.4) is 0 Å². The number of furan rings is 1. The fourth-order valence-corrected chi connectivity index (χ4v) is 1.65. The Bertz CT molecular complexity index is 552. The summed E-state index contributed by atoms with van der Waals surface area (Å²) in [4.78, 5) is 11.5. The van der Waals surface area contributed by atoms with Gasteiger partial charge in [0.15, 0.2) is 5.76 Å². The number of hydrogen-bond donors (Lipinski definition) is 1. The monoisotopic (exact) mass is 279 g/mol. The topological polar surface area (TPSA) is 51.5 Å². The third-order valence-electron chi connectivity index (χ3n) is 2.53. The van der Waals surface area contributed by atoms with Gasteiger partial charge in [-0.05, 0) is 42.8 Å². The molecule has 0 unspecified atom stereocenters. The van der Waals surface area contributed by atoms with Gasteiger partial charge in [0.05, 0.1) is 12.8 Å². The van der Waals surface area contributed by atoms with Crippen molar-refractivity contribution in [3.05, 3.63) is 52.9 Å². The molecular weight excluding hydrogens is 266 g/mol. The van der Waals surface area contributed by atoms with Crippen LogP contribution in [0.2, 0.25) is 5.02 Å². The van der Waals surface area contributed by atoms with Crippen LogP contribution in [0.4, 0.5) is 0 Å². The van der Waals surface area contributed by atoms with E-state index < -0.39 is 0 Å². The lowest BCUT2D eigenvalue weighted by Crippen LogP contribution is -2.27. The number of rotatable bonds is 5. The second-order valence-corrected chi connectivity index (χ2v) is 4.40. The van der Waals surface area contributed by atoms with E-state index in [4.69, 9.17) is 20.8 Å². The van der Waals surface area contributed by atoms with Crippen LogP contribution in [0.5, 0.6) is 5.75 Å². The van der Waals surface area contributed by atoms with Crippen LogP contribution in [0.1, 0.15) is 16.1 Å². The molecule has 0 aliphatic carbocycles. The molecule has 1 aromatic heterocycles. The van der Waals surface area contributed by atoms with Gasteiger partial charge in [-0.2, -0.15) is 0 Å². The number of hydrogen-bond acceptors (Lipinski definition) is 3. The SMILES string of the molecule is Cc1cc(OCCNC(=O)c2ccco2)ccc1Cl. The number of nitrogens with one attached hydrogen (secondary N) is 1. The Morgan fingerprint density at radius 2 is 2.26 bits per heavy atom. The van der Waals surface area contributed by atoms with Gasteiger partial charge in [-0.15, -0.1) is 0 Å². The molecule has 0 saturated carbocycles. The van der Waals surface area contributed by atoms with E-state index in [9.17, 15) is 4.79 Å². The molecule has 0 atom stereocenters. The van der Waals surface area contributed by atoms with Crippen LogP contribution in [-0.4, -0.2) is 19.1 Å². The maximum Gasteiger partial charge on any atom is 0.287 e. The Morgan fingerprint density at radius 1 is 1.42 bits per heavy atom. The summed E-state index contributed by atoms with van der Waals surface area (Å²) in [5.74, 6) is 0.775. The highest BCUT2D eigenvalue weighted by molar-refractivity contribution is 6.31.